The van der Waals surface area contributed by atoms with Gasteiger partial charge >= 0.3 is 0 Å². The third-order valence-corrected chi connectivity index (χ3v) is 2.53. The van der Waals surface area contributed by atoms with Gasteiger partial charge in [-0.15, -0.1) is 0 Å². The molecule has 0 heterocycles. The summed E-state index contributed by atoms with van der Waals surface area (Å²) in [6, 6.07) is 8.83. The molecular formula is C13H21N. The maximum Gasteiger partial charge on any atom is -0.00773 e. The van der Waals surface area contributed by atoms with Gasteiger partial charge in [-0.3, -0.25) is 0 Å². The Bertz CT molecular complexity index is 211. The van der Waals surface area contributed by atoms with Gasteiger partial charge in [0.05, 0.1) is 0 Å². The first-order chi connectivity index (χ1) is 6.86. The Morgan fingerprint density at radius 3 is 1.64 bits per heavy atom. The highest BCUT2D eigenvalue weighted by atomic mass is 14.5. The number of unbranched alkanes of at least 4 members (excludes halogenated alkanes) is 2. The fraction of sp³-hybridized carbons (Fsp3) is 0.538. The van der Waals surface area contributed by atoms with Gasteiger partial charge in [0.1, 0.15) is 0 Å². The lowest BCUT2D eigenvalue weighted by Gasteiger charge is -2.09. The van der Waals surface area contributed by atoms with Gasteiger partial charge in [0.25, 0.3) is 0 Å². The second-order valence-corrected chi connectivity index (χ2v) is 3.81. The van der Waals surface area contributed by atoms with Crippen molar-refractivity contribution >= 4 is 0 Å². The molecule has 0 radical (unpaired) electrons. The van der Waals surface area contributed by atoms with E-state index in [1.807, 2.05) is 0 Å². The van der Waals surface area contributed by atoms with Gasteiger partial charge in [0, 0.05) is 0 Å². The molecule has 0 spiro atoms. The maximum atomic E-state index is 5.21. The van der Waals surface area contributed by atoms with E-state index in [4.69, 9.17) is 5.73 Å². The lowest BCUT2D eigenvalue weighted by Crippen LogP contribution is -1.97. The molecule has 78 valence electrons. The average Bonchev–Trinajstić information content (AvgIpc) is 2.30. The second-order valence-electron chi connectivity index (χ2n) is 3.81. The first-order valence-electron chi connectivity index (χ1n) is 5.64. The second kappa shape index (κ2) is 6.61. The summed E-state index contributed by atoms with van der Waals surface area (Å²) in [4.78, 5) is 0. The van der Waals surface area contributed by atoms with Crippen molar-refractivity contribution in [3.05, 3.63) is 35.4 Å². The summed E-state index contributed by atoms with van der Waals surface area (Å²) in [5.74, 6) is 0. The van der Waals surface area contributed by atoms with Crippen molar-refractivity contribution in [1.82, 2.24) is 0 Å². The largest absolute Gasteiger partial charge is 0.330 e. The molecule has 0 unspecified atom stereocenters. The van der Waals surface area contributed by atoms with Crippen LogP contribution >= 0.6 is 0 Å². The molecule has 2 aliphatic carbocycles. The summed E-state index contributed by atoms with van der Waals surface area (Å²) in [6.07, 6.45) is 6.29. The molecular weight excluding hydrogens is 170 g/mol. The number of hydrogen-bond donors (Lipinski definition) is 1. The molecule has 0 saturated heterocycles. The lowest BCUT2D eigenvalue weighted by molar-refractivity contribution is 0.727. The van der Waals surface area contributed by atoms with E-state index in [0.29, 0.717) is 0 Å². The first kappa shape index (κ1) is 11.3. The maximum absolute atomic E-state index is 5.21. The number of fused-ring (bicyclic) bond motifs is 3. The molecule has 2 N–H and O–H groups in total. The summed E-state index contributed by atoms with van der Waals surface area (Å²) in [7, 11) is 0. The predicted molar refractivity (Wildman–Crippen MR) is 62.4 cm³/mol. The molecule has 3 rings (SSSR count). The molecule has 1 nitrogen and oxygen atoms in total. The Morgan fingerprint density at radius 2 is 1.50 bits per heavy atom. The van der Waals surface area contributed by atoms with E-state index >= 15 is 0 Å². The molecule has 0 aromatic heterocycles. The van der Waals surface area contributed by atoms with Crippen LogP contribution in [0.15, 0.2) is 24.3 Å². The Kier molecular flexibility index (Phi) is 5.31. The van der Waals surface area contributed by atoms with E-state index in [1.165, 1.54) is 43.2 Å². The summed E-state index contributed by atoms with van der Waals surface area (Å²) in [5, 5.41) is 0. The van der Waals surface area contributed by atoms with Gasteiger partial charge in [0.15, 0.2) is 0 Å². The molecule has 1 aromatic rings. The van der Waals surface area contributed by atoms with Crippen molar-refractivity contribution in [2.45, 2.75) is 39.0 Å². The summed E-state index contributed by atoms with van der Waals surface area (Å²) in [6.45, 7) is 3.03. The number of aryl methyl sites for hydroxylation is 2. The Labute approximate surface area is 87.3 Å². The van der Waals surface area contributed by atoms with E-state index in [0.717, 1.165) is 6.54 Å². The summed E-state index contributed by atoms with van der Waals surface area (Å²) < 4.78 is 0. The lowest BCUT2D eigenvalue weighted by atomic mass is 9.97. The van der Waals surface area contributed by atoms with Gasteiger partial charge in [-0.2, -0.15) is 0 Å². The van der Waals surface area contributed by atoms with E-state index in [-0.39, 0.29) is 0 Å². The SMILES string of the molecule is CCCCCN.c1cc2ccc1CC2. The van der Waals surface area contributed by atoms with Crippen molar-refractivity contribution in [3.63, 3.8) is 0 Å². The van der Waals surface area contributed by atoms with Crippen molar-refractivity contribution in [3.8, 4) is 0 Å². The number of rotatable bonds is 3. The van der Waals surface area contributed by atoms with E-state index in [9.17, 15) is 0 Å². The molecule has 0 atom stereocenters. The quantitative estimate of drug-likeness (QED) is 0.730. The summed E-state index contributed by atoms with van der Waals surface area (Å²) in [5.41, 5.74) is 8.19. The standard InChI is InChI=1S/C8H8.C5H13N/c1-2-8-5-3-7(1)4-6-8;1-2-3-4-5-6/h1-3,5H,4,6H2;2-6H2,1H3. The van der Waals surface area contributed by atoms with Crippen LogP contribution in [0.25, 0.3) is 0 Å². The third-order valence-electron chi connectivity index (χ3n) is 2.53. The molecule has 0 aliphatic heterocycles. The summed E-state index contributed by atoms with van der Waals surface area (Å²) >= 11 is 0. The normalized spacial score (nSPS) is 12.1. The smallest absolute Gasteiger partial charge is 0.00773 e. The van der Waals surface area contributed by atoms with Crippen LogP contribution in [0.5, 0.6) is 0 Å². The van der Waals surface area contributed by atoms with Crippen LogP contribution in [0.3, 0.4) is 0 Å². The van der Waals surface area contributed by atoms with Crippen LogP contribution in [0.4, 0.5) is 0 Å². The van der Waals surface area contributed by atoms with Crippen molar-refractivity contribution < 1.29 is 0 Å². The zero-order chi connectivity index (χ0) is 10.2. The molecule has 14 heavy (non-hydrogen) atoms. The van der Waals surface area contributed by atoms with E-state index in [2.05, 4.69) is 31.2 Å². The highest BCUT2D eigenvalue weighted by molar-refractivity contribution is 5.28. The molecule has 0 saturated carbocycles. The minimum Gasteiger partial charge on any atom is -0.330 e. The highest BCUT2D eigenvalue weighted by Crippen LogP contribution is 2.14. The van der Waals surface area contributed by atoms with Crippen molar-refractivity contribution in [1.29, 1.82) is 0 Å². The minimum absolute atomic E-state index is 0.855. The fourth-order valence-electron chi connectivity index (χ4n) is 1.56. The highest BCUT2D eigenvalue weighted by Gasteiger charge is 2.01. The van der Waals surface area contributed by atoms with Crippen LogP contribution in [-0.4, -0.2) is 6.54 Å². The Morgan fingerprint density at radius 1 is 1.00 bits per heavy atom. The number of hydrogen-bond acceptors (Lipinski definition) is 1. The van der Waals surface area contributed by atoms with Crippen LogP contribution in [0, 0.1) is 0 Å². The minimum atomic E-state index is 0.855. The van der Waals surface area contributed by atoms with E-state index in [1.54, 1.807) is 0 Å². The first-order valence-corrected chi connectivity index (χ1v) is 5.64. The molecule has 0 amide bonds. The van der Waals surface area contributed by atoms with Gasteiger partial charge in [-0.25, -0.2) is 0 Å². The fourth-order valence-corrected chi connectivity index (χ4v) is 1.56. The molecule has 2 aliphatic rings. The number of benzene rings is 1. The van der Waals surface area contributed by atoms with Crippen LogP contribution in [0.1, 0.15) is 37.3 Å². The Hall–Kier alpha value is -0.820. The van der Waals surface area contributed by atoms with Crippen molar-refractivity contribution in [2.75, 3.05) is 6.54 Å². The molecule has 1 aromatic carbocycles. The monoisotopic (exact) mass is 191 g/mol. The van der Waals surface area contributed by atoms with Crippen LogP contribution < -0.4 is 5.73 Å². The zero-order valence-corrected chi connectivity index (χ0v) is 9.13. The number of nitrogens with two attached hydrogens (primary N) is 1. The predicted octanol–water partition coefficient (Wildman–Crippen LogP) is 2.92. The van der Waals surface area contributed by atoms with E-state index < -0.39 is 0 Å². The van der Waals surface area contributed by atoms with Crippen LogP contribution in [0.2, 0.25) is 0 Å². The third kappa shape index (κ3) is 3.93. The zero-order valence-electron chi connectivity index (χ0n) is 9.13. The topological polar surface area (TPSA) is 26.0 Å². The molecule has 0 fully saturated rings. The molecule has 1 heteroatoms. The van der Waals surface area contributed by atoms with Crippen molar-refractivity contribution in [2.24, 2.45) is 5.73 Å². The van der Waals surface area contributed by atoms with Gasteiger partial charge in [-0.05, 0) is 36.9 Å². The van der Waals surface area contributed by atoms with Crippen LogP contribution in [-0.2, 0) is 12.8 Å². The van der Waals surface area contributed by atoms with Gasteiger partial charge in [-0.1, -0.05) is 44.0 Å². The van der Waals surface area contributed by atoms with Gasteiger partial charge in [0.2, 0.25) is 0 Å². The van der Waals surface area contributed by atoms with Gasteiger partial charge < -0.3 is 5.73 Å². The Balaban J connectivity index is 0.000000149. The average molecular weight is 191 g/mol. The molecule has 2 bridgehead atoms.